The zero-order valence-corrected chi connectivity index (χ0v) is 16.5. The van der Waals surface area contributed by atoms with Crippen LogP contribution in [0, 0.1) is 0 Å². The van der Waals surface area contributed by atoms with Crippen LogP contribution < -0.4 is 16.3 Å². The van der Waals surface area contributed by atoms with Crippen LogP contribution in [0.25, 0.3) is 33.8 Å². The highest BCUT2D eigenvalue weighted by Gasteiger charge is 2.16. The van der Waals surface area contributed by atoms with E-state index in [1.807, 2.05) is 26.0 Å². The summed E-state index contributed by atoms with van der Waals surface area (Å²) in [5.74, 6) is 0.410. The minimum absolute atomic E-state index is 0.0830. The number of amides is 2. The third-order valence-electron chi connectivity index (χ3n) is 4.69. The molecule has 8 nitrogen and oxygen atoms in total. The lowest BCUT2D eigenvalue weighted by Crippen LogP contribution is -2.35. The molecule has 0 aliphatic heterocycles. The topological polar surface area (TPSA) is 110 Å². The lowest BCUT2D eigenvalue weighted by atomic mass is 10.2. The smallest absolute Gasteiger partial charge is 0.349 e. The molecule has 2 heterocycles. The van der Waals surface area contributed by atoms with Crippen molar-refractivity contribution in [1.29, 1.82) is 0 Å². The Hall–Kier alpha value is -3.94. The minimum Gasteiger partial charge on any atom is -0.422 e. The molecule has 30 heavy (non-hydrogen) atoms. The summed E-state index contributed by atoms with van der Waals surface area (Å²) in [7, 11) is 0. The maximum atomic E-state index is 12.3. The summed E-state index contributed by atoms with van der Waals surface area (Å²) >= 11 is 0. The van der Waals surface area contributed by atoms with Crippen LogP contribution in [0.1, 0.15) is 20.3 Å². The summed E-state index contributed by atoms with van der Waals surface area (Å²) in [5.41, 5.74) is 1.47. The van der Waals surface area contributed by atoms with Gasteiger partial charge in [-0.1, -0.05) is 30.3 Å². The van der Waals surface area contributed by atoms with E-state index in [1.54, 1.807) is 42.5 Å². The van der Waals surface area contributed by atoms with Gasteiger partial charge in [-0.15, -0.1) is 0 Å². The van der Waals surface area contributed by atoms with Gasteiger partial charge in [0.2, 0.25) is 5.82 Å². The van der Waals surface area contributed by atoms with Gasteiger partial charge in [-0.3, -0.25) is 0 Å². The molecule has 152 valence electrons. The van der Waals surface area contributed by atoms with Crippen LogP contribution in [0.3, 0.4) is 0 Å². The predicted molar refractivity (Wildman–Crippen MR) is 113 cm³/mol. The number of aromatic nitrogens is 2. The zero-order valence-electron chi connectivity index (χ0n) is 16.5. The van der Waals surface area contributed by atoms with Gasteiger partial charge in [-0.2, -0.15) is 4.98 Å². The van der Waals surface area contributed by atoms with E-state index in [9.17, 15) is 9.59 Å². The van der Waals surface area contributed by atoms with Crippen molar-refractivity contribution >= 4 is 22.7 Å². The molecule has 2 N–H and O–H groups in total. The first-order valence-corrected chi connectivity index (χ1v) is 9.58. The van der Waals surface area contributed by atoms with Crippen molar-refractivity contribution in [3.05, 3.63) is 65.0 Å². The first kappa shape index (κ1) is 19.4. The molecule has 4 aromatic rings. The predicted octanol–water partition coefficient (Wildman–Crippen LogP) is 4.43. The third kappa shape index (κ3) is 4.07. The van der Waals surface area contributed by atoms with Gasteiger partial charge >= 0.3 is 11.7 Å². The van der Waals surface area contributed by atoms with Crippen LogP contribution in [0.5, 0.6) is 0 Å². The molecule has 1 atom stereocenters. The molecule has 4 rings (SSSR count). The van der Waals surface area contributed by atoms with Gasteiger partial charge in [0.15, 0.2) is 0 Å². The number of rotatable bonds is 5. The molecule has 0 aliphatic carbocycles. The van der Waals surface area contributed by atoms with E-state index >= 15 is 0 Å². The van der Waals surface area contributed by atoms with Crippen molar-refractivity contribution in [3.63, 3.8) is 0 Å². The molecular weight excluding hydrogens is 384 g/mol. The van der Waals surface area contributed by atoms with Crippen molar-refractivity contribution < 1.29 is 13.7 Å². The number of hydrogen-bond acceptors (Lipinski definition) is 6. The second-order valence-corrected chi connectivity index (χ2v) is 6.89. The monoisotopic (exact) mass is 404 g/mol. The maximum absolute atomic E-state index is 12.3. The number of fused-ring (bicyclic) bond motifs is 1. The van der Waals surface area contributed by atoms with Crippen LogP contribution in [0.15, 0.2) is 68.3 Å². The van der Waals surface area contributed by atoms with Gasteiger partial charge in [0, 0.05) is 22.7 Å². The Kier molecular flexibility index (Phi) is 5.30. The first-order valence-electron chi connectivity index (χ1n) is 9.58. The standard InChI is InChI=1S/C22H20N4O4/c1-3-13(2)23-22(28)24-16-10-8-14(9-11-16)19-25-20(30-26-19)17-12-15-6-4-5-7-18(15)29-21(17)27/h4-13H,3H2,1-2H3,(H2,23,24,28). The highest BCUT2D eigenvalue weighted by molar-refractivity contribution is 5.89. The second kappa shape index (κ2) is 8.20. The Morgan fingerprint density at radius 2 is 1.90 bits per heavy atom. The molecule has 0 spiro atoms. The SMILES string of the molecule is CCC(C)NC(=O)Nc1ccc(-c2noc(-c3cc4ccccc4oc3=O)n2)cc1. The van der Waals surface area contributed by atoms with E-state index in [-0.39, 0.29) is 23.5 Å². The molecule has 0 aliphatic rings. The number of carbonyl (C=O) groups is 1. The Labute approximate surface area is 171 Å². The molecule has 0 saturated carbocycles. The van der Waals surface area contributed by atoms with E-state index in [4.69, 9.17) is 8.94 Å². The van der Waals surface area contributed by atoms with Crippen LogP contribution >= 0.6 is 0 Å². The lowest BCUT2D eigenvalue weighted by Gasteiger charge is -2.12. The van der Waals surface area contributed by atoms with E-state index in [0.717, 1.165) is 11.8 Å². The summed E-state index contributed by atoms with van der Waals surface area (Å²) < 4.78 is 10.6. The van der Waals surface area contributed by atoms with Crippen LogP contribution in [0.2, 0.25) is 0 Å². The molecule has 0 radical (unpaired) electrons. The summed E-state index contributed by atoms with van der Waals surface area (Å²) in [4.78, 5) is 28.5. The molecular formula is C22H20N4O4. The number of hydrogen-bond donors (Lipinski definition) is 2. The molecule has 2 aromatic carbocycles. The van der Waals surface area contributed by atoms with E-state index in [1.165, 1.54) is 0 Å². The van der Waals surface area contributed by atoms with Gasteiger partial charge in [0.05, 0.1) is 0 Å². The molecule has 2 amide bonds. The van der Waals surface area contributed by atoms with Crippen LogP contribution in [0.4, 0.5) is 10.5 Å². The highest BCUT2D eigenvalue weighted by Crippen LogP contribution is 2.24. The molecule has 0 bridgehead atoms. The first-order chi connectivity index (χ1) is 14.5. The fourth-order valence-electron chi connectivity index (χ4n) is 2.86. The maximum Gasteiger partial charge on any atom is 0.349 e. The van der Waals surface area contributed by atoms with Crippen molar-refractivity contribution in [2.45, 2.75) is 26.3 Å². The number of anilines is 1. The summed E-state index contributed by atoms with van der Waals surface area (Å²) in [6, 6.07) is 15.7. The number of urea groups is 1. The molecule has 8 heteroatoms. The number of para-hydroxylation sites is 1. The van der Waals surface area contributed by atoms with Gasteiger partial charge < -0.3 is 19.6 Å². The van der Waals surface area contributed by atoms with E-state index < -0.39 is 5.63 Å². The molecule has 1 unspecified atom stereocenters. The normalized spacial score (nSPS) is 11.9. The van der Waals surface area contributed by atoms with Crippen molar-refractivity contribution in [2.24, 2.45) is 0 Å². The average Bonchev–Trinajstić information content (AvgIpc) is 3.23. The fourth-order valence-corrected chi connectivity index (χ4v) is 2.86. The van der Waals surface area contributed by atoms with Crippen LogP contribution in [-0.4, -0.2) is 22.2 Å². The fraction of sp³-hybridized carbons (Fsp3) is 0.182. The second-order valence-electron chi connectivity index (χ2n) is 6.89. The Morgan fingerprint density at radius 1 is 1.13 bits per heavy atom. The zero-order chi connectivity index (χ0) is 21.1. The quantitative estimate of drug-likeness (QED) is 0.476. The van der Waals surface area contributed by atoms with Gasteiger partial charge in [0.25, 0.3) is 5.89 Å². The van der Waals surface area contributed by atoms with Crippen molar-refractivity contribution in [2.75, 3.05) is 5.32 Å². The number of nitrogens with one attached hydrogen (secondary N) is 2. The minimum atomic E-state index is -0.546. The summed E-state index contributed by atoms with van der Waals surface area (Å²) in [5, 5.41) is 10.3. The summed E-state index contributed by atoms with van der Waals surface area (Å²) in [6.45, 7) is 3.94. The molecule has 0 fully saturated rings. The Bertz CT molecular complexity index is 1240. The Balaban J connectivity index is 1.54. The van der Waals surface area contributed by atoms with E-state index in [0.29, 0.717) is 22.7 Å². The average molecular weight is 404 g/mol. The molecule has 2 aromatic heterocycles. The number of nitrogens with zero attached hydrogens (tertiary/aromatic N) is 2. The highest BCUT2D eigenvalue weighted by atomic mass is 16.5. The van der Waals surface area contributed by atoms with E-state index in [2.05, 4.69) is 20.8 Å². The van der Waals surface area contributed by atoms with Crippen molar-refractivity contribution in [3.8, 4) is 22.8 Å². The largest absolute Gasteiger partial charge is 0.422 e. The lowest BCUT2D eigenvalue weighted by molar-refractivity contribution is 0.249. The van der Waals surface area contributed by atoms with Gasteiger partial charge in [0.1, 0.15) is 11.1 Å². The third-order valence-corrected chi connectivity index (χ3v) is 4.69. The number of carbonyl (C=O) groups excluding carboxylic acids is 1. The van der Waals surface area contributed by atoms with Crippen LogP contribution in [-0.2, 0) is 0 Å². The summed E-state index contributed by atoms with van der Waals surface area (Å²) in [6.07, 6.45) is 0.849. The van der Waals surface area contributed by atoms with Gasteiger partial charge in [-0.05, 0) is 49.7 Å². The van der Waals surface area contributed by atoms with Crippen molar-refractivity contribution in [1.82, 2.24) is 15.5 Å². The van der Waals surface area contributed by atoms with Gasteiger partial charge in [-0.25, -0.2) is 9.59 Å². The Morgan fingerprint density at radius 3 is 2.67 bits per heavy atom. The number of benzene rings is 2. The molecule has 0 saturated heterocycles.